The van der Waals surface area contributed by atoms with E-state index in [0.717, 1.165) is 5.92 Å². The van der Waals surface area contributed by atoms with Crippen LogP contribution in [0, 0.1) is 18.8 Å². The molecule has 3 atom stereocenters. The summed E-state index contributed by atoms with van der Waals surface area (Å²) in [6.07, 6.45) is 7.75. The SMILES string of the molecule is CCCC1CCC(Cl)C(Cc2ccccc2C)C1. The van der Waals surface area contributed by atoms with Crippen molar-refractivity contribution in [3.8, 4) is 0 Å². The standard InChI is InChI=1S/C17H25Cl/c1-3-6-14-9-10-17(18)16(11-14)12-15-8-5-4-7-13(15)2/h4-5,7-8,14,16-17H,3,6,9-12H2,1-2H3. The van der Waals surface area contributed by atoms with Crippen LogP contribution in [0.15, 0.2) is 24.3 Å². The molecule has 0 N–H and O–H groups in total. The largest absolute Gasteiger partial charge is 0.123 e. The van der Waals surface area contributed by atoms with Crippen LogP contribution in [0.1, 0.15) is 50.2 Å². The van der Waals surface area contributed by atoms with E-state index in [1.54, 1.807) is 0 Å². The molecule has 0 spiro atoms. The van der Waals surface area contributed by atoms with Crippen LogP contribution >= 0.6 is 11.6 Å². The van der Waals surface area contributed by atoms with Crippen molar-refractivity contribution in [2.75, 3.05) is 0 Å². The molecule has 1 heteroatoms. The quantitative estimate of drug-likeness (QED) is 0.642. The number of aryl methyl sites for hydroxylation is 1. The lowest BCUT2D eigenvalue weighted by Crippen LogP contribution is -2.27. The van der Waals surface area contributed by atoms with Crippen LogP contribution in [0.3, 0.4) is 0 Å². The molecule has 0 aromatic heterocycles. The molecule has 0 radical (unpaired) electrons. The molecule has 1 aliphatic rings. The molecule has 3 unspecified atom stereocenters. The minimum absolute atomic E-state index is 0.387. The highest BCUT2D eigenvalue weighted by Crippen LogP contribution is 2.37. The summed E-state index contributed by atoms with van der Waals surface area (Å²) < 4.78 is 0. The summed E-state index contributed by atoms with van der Waals surface area (Å²) in [5.41, 5.74) is 2.91. The summed E-state index contributed by atoms with van der Waals surface area (Å²) in [5.74, 6) is 1.59. The molecule has 1 aromatic rings. The smallest absolute Gasteiger partial charge is 0.0367 e. The second-order valence-electron chi connectivity index (χ2n) is 5.87. The molecule has 0 aliphatic heterocycles. The van der Waals surface area contributed by atoms with Crippen molar-refractivity contribution < 1.29 is 0 Å². The second kappa shape index (κ2) is 6.61. The Morgan fingerprint density at radius 1 is 1.22 bits per heavy atom. The molecule has 0 nitrogen and oxygen atoms in total. The molecule has 18 heavy (non-hydrogen) atoms. The van der Waals surface area contributed by atoms with E-state index < -0.39 is 0 Å². The van der Waals surface area contributed by atoms with Crippen molar-refractivity contribution in [1.29, 1.82) is 0 Å². The first-order valence-corrected chi connectivity index (χ1v) is 7.83. The van der Waals surface area contributed by atoms with Gasteiger partial charge in [0.05, 0.1) is 0 Å². The molecular weight excluding hydrogens is 240 g/mol. The molecule has 0 heterocycles. The fourth-order valence-corrected chi connectivity index (χ4v) is 3.65. The van der Waals surface area contributed by atoms with Gasteiger partial charge in [-0.15, -0.1) is 11.6 Å². The van der Waals surface area contributed by atoms with Crippen molar-refractivity contribution in [3.63, 3.8) is 0 Å². The van der Waals surface area contributed by atoms with Crippen LogP contribution in [-0.2, 0) is 6.42 Å². The Morgan fingerprint density at radius 3 is 2.72 bits per heavy atom. The zero-order valence-corrected chi connectivity index (χ0v) is 12.4. The van der Waals surface area contributed by atoms with E-state index in [1.807, 2.05) is 0 Å². The molecule has 100 valence electrons. The van der Waals surface area contributed by atoms with Crippen molar-refractivity contribution in [2.45, 2.75) is 57.7 Å². The highest BCUT2D eigenvalue weighted by Gasteiger charge is 2.28. The first kappa shape index (κ1) is 13.9. The molecule has 0 amide bonds. The fourth-order valence-electron chi connectivity index (χ4n) is 3.33. The number of benzene rings is 1. The number of halogens is 1. The van der Waals surface area contributed by atoms with E-state index in [4.69, 9.17) is 11.6 Å². The minimum Gasteiger partial charge on any atom is -0.123 e. The summed E-state index contributed by atoms with van der Waals surface area (Å²) in [6, 6.07) is 8.75. The lowest BCUT2D eigenvalue weighted by atomic mass is 9.76. The second-order valence-corrected chi connectivity index (χ2v) is 6.44. The first-order valence-electron chi connectivity index (χ1n) is 7.39. The summed E-state index contributed by atoms with van der Waals surface area (Å²) >= 11 is 6.55. The summed E-state index contributed by atoms with van der Waals surface area (Å²) in [5, 5.41) is 0.387. The number of alkyl halides is 1. The number of hydrogen-bond donors (Lipinski definition) is 0. The molecule has 1 aromatic carbocycles. The number of rotatable bonds is 4. The molecule has 2 rings (SSSR count). The van der Waals surface area contributed by atoms with Gasteiger partial charge in [0, 0.05) is 5.38 Å². The lowest BCUT2D eigenvalue weighted by Gasteiger charge is -2.33. The monoisotopic (exact) mass is 264 g/mol. The van der Waals surface area contributed by atoms with Gasteiger partial charge in [-0.2, -0.15) is 0 Å². The van der Waals surface area contributed by atoms with Gasteiger partial charge in [-0.25, -0.2) is 0 Å². The van der Waals surface area contributed by atoms with Crippen molar-refractivity contribution in [2.24, 2.45) is 11.8 Å². The Bertz CT molecular complexity index is 372. The Labute approximate surface area is 117 Å². The maximum Gasteiger partial charge on any atom is 0.0367 e. The van der Waals surface area contributed by atoms with Gasteiger partial charge in [0.1, 0.15) is 0 Å². The van der Waals surface area contributed by atoms with Crippen molar-refractivity contribution >= 4 is 11.6 Å². The lowest BCUT2D eigenvalue weighted by molar-refractivity contribution is 0.257. The predicted octanol–water partition coefficient (Wildman–Crippen LogP) is 5.36. The first-order chi connectivity index (χ1) is 8.70. The minimum atomic E-state index is 0.387. The van der Waals surface area contributed by atoms with Gasteiger partial charge in [-0.3, -0.25) is 0 Å². The van der Waals surface area contributed by atoms with Gasteiger partial charge in [0.2, 0.25) is 0 Å². The third-order valence-electron chi connectivity index (χ3n) is 4.44. The summed E-state index contributed by atoms with van der Waals surface area (Å²) in [7, 11) is 0. The Hall–Kier alpha value is -0.490. The van der Waals surface area contributed by atoms with Crippen molar-refractivity contribution in [3.05, 3.63) is 35.4 Å². The van der Waals surface area contributed by atoms with Gasteiger partial charge < -0.3 is 0 Å². The molecule has 1 saturated carbocycles. The molecule has 0 bridgehead atoms. The normalized spacial score (nSPS) is 28.3. The van der Waals surface area contributed by atoms with Gasteiger partial charge >= 0.3 is 0 Å². The zero-order valence-electron chi connectivity index (χ0n) is 11.7. The predicted molar refractivity (Wildman–Crippen MR) is 80.3 cm³/mol. The maximum absolute atomic E-state index is 6.55. The topological polar surface area (TPSA) is 0 Å². The van der Waals surface area contributed by atoms with Crippen LogP contribution in [0.4, 0.5) is 0 Å². The average molecular weight is 265 g/mol. The van der Waals surface area contributed by atoms with E-state index in [-0.39, 0.29) is 0 Å². The fraction of sp³-hybridized carbons (Fsp3) is 0.647. The van der Waals surface area contributed by atoms with E-state index in [1.165, 1.54) is 49.7 Å². The van der Waals surface area contributed by atoms with Gasteiger partial charge in [0.15, 0.2) is 0 Å². The Kier molecular flexibility index (Phi) is 5.12. The van der Waals surface area contributed by atoms with Crippen LogP contribution in [0.2, 0.25) is 0 Å². The van der Waals surface area contributed by atoms with Gasteiger partial charge in [0.25, 0.3) is 0 Å². The van der Waals surface area contributed by atoms with Crippen LogP contribution in [0.25, 0.3) is 0 Å². The number of hydrogen-bond acceptors (Lipinski definition) is 0. The third-order valence-corrected chi connectivity index (χ3v) is 5.01. The van der Waals surface area contributed by atoms with Crippen LogP contribution in [0.5, 0.6) is 0 Å². The summed E-state index contributed by atoms with van der Waals surface area (Å²) in [4.78, 5) is 0. The molecule has 1 fully saturated rings. The zero-order chi connectivity index (χ0) is 13.0. The van der Waals surface area contributed by atoms with Crippen molar-refractivity contribution in [1.82, 2.24) is 0 Å². The maximum atomic E-state index is 6.55. The highest BCUT2D eigenvalue weighted by atomic mass is 35.5. The van der Waals surface area contributed by atoms with E-state index >= 15 is 0 Å². The average Bonchev–Trinajstić information content (AvgIpc) is 2.36. The van der Waals surface area contributed by atoms with E-state index in [9.17, 15) is 0 Å². The molecule has 0 saturated heterocycles. The van der Waals surface area contributed by atoms with Crippen LogP contribution in [-0.4, -0.2) is 5.38 Å². The molecular formula is C17H25Cl. The van der Waals surface area contributed by atoms with Gasteiger partial charge in [-0.1, -0.05) is 44.0 Å². The highest BCUT2D eigenvalue weighted by molar-refractivity contribution is 6.20. The van der Waals surface area contributed by atoms with Crippen LogP contribution < -0.4 is 0 Å². The Balaban J connectivity index is 2.00. The van der Waals surface area contributed by atoms with Gasteiger partial charge in [-0.05, 0) is 55.6 Å². The molecule has 1 aliphatic carbocycles. The van der Waals surface area contributed by atoms with E-state index in [0.29, 0.717) is 11.3 Å². The third kappa shape index (κ3) is 3.51. The summed E-state index contributed by atoms with van der Waals surface area (Å²) in [6.45, 7) is 4.51. The van der Waals surface area contributed by atoms with E-state index in [2.05, 4.69) is 38.1 Å². The Morgan fingerprint density at radius 2 is 2.00 bits per heavy atom.